The van der Waals surface area contributed by atoms with Crippen LogP contribution in [0.15, 0.2) is 183 Å². The molecule has 4 fully saturated rings. The number of nitrogens with zero attached hydrogens (tertiary/aromatic N) is 12. The highest BCUT2D eigenvalue weighted by atomic mass is 19.4. The number of carbonyl (C=O) groups excluding carboxylic acids is 10. The zero-order valence-corrected chi connectivity index (χ0v) is 78.7. The first-order chi connectivity index (χ1) is 66.2. The van der Waals surface area contributed by atoms with Gasteiger partial charge in [-0.25, -0.2) is 19.0 Å². The number of halogens is 6. The number of piperazine rings is 2. The van der Waals surface area contributed by atoms with Gasteiger partial charge in [-0.3, -0.25) is 67.5 Å². The topological polar surface area (TPSA) is 287 Å². The van der Waals surface area contributed by atoms with Gasteiger partial charge in [-0.2, -0.15) is 36.5 Å². The normalized spacial score (nSPS) is 16.3. The number of fused-ring (bicyclic) bond motifs is 4. The molecular formula is C107H115F6N15O10. The maximum Gasteiger partial charge on any atom is 0.416 e. The van der Waals surface area contributed by atoms with Crippen LogP contribution in [0, 0.1) is 37.5 Å². The van der Waals surface area contributed by atoms with E-state index in [1.807, 2.05) is 60.0 Å². The van der Waals surface area contributed by atoms with E-state index >= 15 is 0 Å². The van der Waals surface area contributed by atoms with Crippen LogP contribution in [0.2, 0.25) is 0 Å². The fourth-order valence-electron chi connectivity index (χ4n) is 17.6. The first-order valence-electron chi connectivity index (χ1n) is 47.1. The number of Topliss-reactive ketones (excluding diaryl/α,β-unsaturated/α-hetero) is 2. The Morgan fingerprint density at radius 2 is 0.870 bits per heavy atom. The molecular weight excluding hydrogens is 1770 g/mol. The number of alkyl halides is 6. The summed E-state index contributed by atoms with van der Waals surface area (Å²) >= 11 is 0. The molecule has 16 rings (SSSR count). The predicted octanol–water partition coefficient (Wildman–Crippen LogP) is 16.2. The Hall–Kier alpha value is -13.9. The summed E-state index contributed by atoms with van der Waals surface area (Å²) in [6.45, 7) is 25.2. The van der Waals surface area contributed by atoms with Crippen LogP contribution in [0.3, 0.4) is 0 Å². The van der Waals surface area contributed by atoms with Gasteiger partial charge >= 0.3 is 12.4 Å². The Morgan fingerprint density at radius 1 is 0.464 bits per heavy atom. The highest BCUT2D eigenvalue weighted by Gasteiger charge is 2.46. The number of allylic oxidation sites excluding steroid dienone is 2. The minimum absolute atomic E-state index is 0.0355. The molecule has 31 heteroatoms. The van der Waals surface area contributed by atoms with Gasteiger partial charge in [0, 0.05) is 145 Å². The van der Waals surface area contributed by atoms with Crippen LogP contribution in [-0.2, 0) is 70.3 Å². The van der Waals surface area contributed by atoms with Crippen LogP contribution in [0.4, 0.5) is 26.3 Å². The number of nitrogens with one attached hydrogen (secondary N) is 3. The molecule has 4 saturated heterocycles. The van der Waals surface area contributed by atoms with Crippen molar-refractivity contribution >= 4 is 70.1 Å². The highest BCUT2D eigenvalue weighted by molar-refractivity contribution is 6.24. The van der Waals surface area contributed by atoms with Gasteiger partial charge in [0.05, 0.1) is 45.8 Å². The number of unbranched alkanes of at least 4 members (excludes halogenated alkanes) is 8. The number of hydrogen-bond donors (Lipinski definition) is 3. The van der Waals surface area contributed by atoms with Crippen molar-refractivity contribution in [2.45, 2.75) is 201 Å². The molecule has 8 amide bonds. The summed E-state index contributed by atoms with van der Waals surface area (Å²) in [5.41, 5.74) is 10.9. The fraction of sp³-hybridized carbons (Fsp3) is 0.383. The number of ketones is 2. The molecule has 0 saturated carbocycles. The minimum atomic E-state index is -4.56. The van der Waals surface area contributed by atoms with Gasteiger partial charge in [-0.15, -0.1) is 0 Å². The SMILES string of the molecule is C=C1CCC(N2C(=O)c3ccc(CCCCCCC)cc3C2=O)C(=O)N1.C=C1CCC(N2C(=O)c3ccc(CCCCCCC)cc3C2=O)C(=O)N1.CC(=O)N1CCN(Cc2ccc(CC(=O)c3ccc(C)c(C#Cc4cnc5cccnn45)c3)cc2C(F)(F)F)CC1.CC(=O)NCCCN1CCN(Cc2ccc(CC(=O)c3ccc(C)c(C#Cc4cnc5cccnn45)c3)cc2C(F)(F)F)CC1. The number of amides is 8. The molecule has 4 aromatic heterocycles. The number of benzene rings is 6. The van der Waals surface area contributed by atoms with Crippen LogP contribution in [-0.4, -0.2) is 195 Å². The Labute approximate surface area is 799 Å². The third kappa shape index (κ3) is 26.3. The van der Waals surface area contributed by atoms with E-state index in [2.05, 4.69) is 91.7 Å². The molecule has 0 radical (unpaired) electrons. The molecule has 25 nitrogen and oxygen atoms in total. The van der Waals surface area contributed by atoms with Crippen LogP contribution in [0.25, 0.3) is 11.3 Å². The molecule has 6 aliphatic rings. The lowest BCUT2D eigenvalue weighted by molar-refractivity contribution is -0.139. The molecule has 0 aliphatic carbocycles. The average molecular weight is 1890 g/mol. The second-order valence-electron chi connectivity index (χ2n) is 35.7. The van der Waals surface area contributed by atoms with Crippen molar-refractivity contribution in [2.24, 2.45) is 0 Å². The Kier molecular flexibility index (Phi) is 34.4. The van der Waals surface area contributed by atoms with Crippen LogP contribution in [0.1, 0.15) is 264 Å². The molecule has 10 heterocycles. The third-order valence-electron chi connectivity index (χ3n) is 25.5. The van der Waals surface area contributed by atoms with Crippen molar-refractivity contribution < 1.29 is 74.3 Å². The van der Waals surface area contributed by atoms with Crippen LogP contribution in [0.5, 0.6) is 0 Å². The number of hydrogen-bond acceptors (Lipinski definition) is 17. The minimum Gasteiger partial charge on any atom is -0.356 e. The summed E-state index contributed by atoms with van der Waals surface area (Å²) in [5.74, 6) is 9.47. The van der Waals surface area contributed by atoms with Crippen molar-refractivity contribution in [3.05, 3.63) is 294 Å². The van der Waals surface area contributed by atoms with E-state index in [9.17, 15) is 74.3 Å². The summed E-state index contributed by atoms with van der Waals surface area (Å²) in [6.07, 6.45) is 13.7. The van der Waals surface area contributed by atoms with Crippen molar-refractivity contribution in [1.82, 2.24) is 74.5 Å². The second-order valence-corrected chi connectivity index (χ2v) is 35.7. The summed E-state index contributed by atoms with van der Waals surface area (Å²) in [7, 11) is 0. The molecule has 0 spiro atoms. The predicted molar refractivity (Wildman–Crippen MR) is 511 cm³/mol. The summed E-state index contributed by atoms with van der Waals surface area (Å²) in [4.78, 5) is 143. The van der Waals surface area contributed by atoms with Crippen molar-refractivity contribution in [1.29, 1.82) is 0 Å². The van der Waals surface area contributed by atoms with Gasteiger partial charge in [0.25, 0.3) is 23.6 Å². The van der Waals surface area contributed by atoms with E-state index in [0.29, 0.717) is 156 Å². The molecule has 10 aromatic rings. The number of piperidine rings is 2. The number of carbonyl (C=O) groups is 10. The molecule has 138 heavy (non-hydrogen) atoms. The summed E-state index contributed by atoms with van der Waals surface area (Å²) < 4.78 is 87.8. The maximum absolute atomic E-state index is 14.2. The van der Waals surface area contributed by atoms with Gasteiger partial charge in [0.1, 0.15) is 23.5 Å². The van der Waals surface area contributed by atoms with Gasteiger partial charge in [0.2, 0.25) is 23.6 Å². The lowest BCUT2D eigenvalue weighted by atomic mass is 9.96. The zero-order valence-electron chi connectivity index (χ0n) is 78.7. The van der Waals surface area contributed by atoms with Gasteiger partial charge in [-0.05, 0) is 207 Å². The van der Waals surface area contributed by atoms with E-state index < -0.39 is 35.6 Å². The molecule has 6 aliphatic heterocycles. The van der Waals surface area contributed by atoms with E-state index in [1.54, 1.807) is 112 Å². The first kappa shape index (κ1) is 102. The summed E-state index contributed by atoms with van der Waals surface area (Å²) in [6, 6.07) is 35.3. The van der Waals surface area contributed by atoms with Crippen molar-refractivity contribution in [3.8, 4) is 23.7 Å². The van der Waals surface area contributed by atoms with Gasteiger partial charge in [0.15, 0.2) is 22.9 Å². The molecule has 0 bridgehead atoms. The van der Waals surface area contributed by atoms with E-state index in [-0.39, 0.29) is 101 Å². The van der Waals surface area contributed by atoms with Gasteiger partial charge < -0.3 is 25.8 Å². The summed E-state index contributed by atoms with van der Waals surface area (Å²) in [5, 5.41) is 16.6. The molecule has 2 atom stereocenters. The highest BCUT2D eigenvalue weighted by Crippen LogP contribution is 2.38. The van der Waals surface area contributed by atoms with Crippen LogP contribution < -0.4 is 16.0 Å². The zero-order chi connectivity index (χ0) is 98.5. The van der Waals surface area contributed by atoms with Crippen LogP contribution >= 0.6 is 0 Å². The molecule has 6 aromatic carbocycles. The lowest BCUT2D eigenvalue weighted by Crippen LogP contribution is -2.51. The number of rotatable bonds is 28. The second kappa shape index (κ2) is 46.8. The largest absolute Gasteiger partial charge is 0.416 e. The number of aryl methyl sites for hydroxylation is 4. The Balaban J connectivity index is 0.000000160. The standard InChI is InChI=1S/C34H35F3N6O2.C31H28F3N5O2.2C21H26N2O3/c1-24-6-8-28(21-27(24)10-11-30-22-39-33-5-3-13-40-43(30)33)32(45)20-26-7-9-29(31(19-26)34(35,36)37)23-42-17-15-41(16-18-42)14-4-12-38-25(2)44;1-21-5-7-25(18-24(21)9-10-27-19-35-30-4-3-11-36-39(27)30)29(41)17-23-6-8-26(28(16-23)31(32,33)34)20-37-12-14-38(15-13-37)22(2)40;2*1-3-4-5-6-7-8-15-10-11-16-17(13-15)21(26)23(20(16)25)18-12-9-14(2)22-19(18)24/h3,5-9,13,19,21-22H,4,12,14-18,20,23H2,1-2H3,(H,38,44);3-8,11,16,18-19H,12-15,17,20H2,1-2H3;2*10-11,13,18H,2-9,12H2,1H3,(H,22,24). The van der Waals surface area contributed by atoms with E-state index in [4.69, 9.17) is 0 Å². The van der Waals surface area contributed by atoms with E-state index in [0.717, 1.165) is 95.9 Å². The number of aromatic nitrogens is 6. The smallest absolute Gasteiger partial charge is 0.356 e. The third-order valence-corrected chi connectivity index (χ3v) is 25.5. The number of imide groups is 2. The fourth-order valence-corrected chi connectivity index (χ4v) is 17.6. The Bertz CT molecular complexity index is 6270. The van der Waals surface area contributed by atoms with E-state index in [1.165, 1.54) is 77.3 Å². The Morgan fingerprint density at radius 3 is 1.28 bits per heavy atom. The van der Waals surface area contributed by atoms with Gasteiger partial charge in [-0.1, -0.05) is 151 Å². The van der Waals surface area contributed by atoms with Crippen molar-refractivity contribution in [2.75, 3.05) is 65.4 Å². The maximum atomic E-state index is 14.2. The molecule has 3 N–H and O–H groups in total. The molecule has 2 unspecified atom stereocenters. The quantitative estimate of drug-likeness (QED) is 0.0135. The monoisotopic (exact) mass is 1880 g/mol. The lowest BCUT2D eigenvalue weighted by Gasteiger charge is -2.35. The van der Waals surface area contributed by atoms with Crippen molar-refractivity contribution in [3.63, 3.8) is 0 Å². The first-order valence-corrected chi connectivity index (χ1v) is 47.1. The number of imidazole rings is 2. The average Bonchev–Trinajstić information content (AvgIpc) is 1.61. The molecule has 720 valence electrons.